The minimum absolute atomic E-state index is 0.411. The van der Waals surface area contributed by atoms with E-state index in [1.54, 1.807) is 0 Å². The lowest BCUT2D eigenvalue weighted by molar-refractivity contribution is -0.119. The van der Waals surface area contributed by atoms with Gasteiger partial charge in [-0.15, -0.1) is 0 Å². The van der Waals surface area contributed by atoms with Crippen LogP contribution in [0.2, 0.25) is 0 Å². The Labute approximate surface area is 121 Å². The molecule has 0 amide bonds. The topological polar surface area (TPSA) is 17.1 Å². The van der Waals surface area contributed by atoms with Gasteiger partial charge in [-0.05, 0) is 47.3 Å². The predicted molar refractivity (Wildman–Crippen MR) is 83.9 cm³/mol. The fraction of sp³-hybridized carbons (Fsp3) is 0.588. The zero-order valence-corrected chi connectivity index (χ0v) is 12.8. The molecule has 1 aliphatic heterocycles. The minimum Gasteiger partial charge on any atom is -0.299 e. The van der Waals surface area contributed by atoms with Crippen LogP contribution in [-0.2, 0) is 11.2 Å². The van der Waals surface area contributed by atoms with Crippen LogP contribution in [0.4, 0.5) is 0 Å². The van der Waals surface area contributed by atoms with E-state index in [2.05, 4.69) is 38.1 Å². The first-order valence-electron chi connectivity index (χ1n) is 7.33. The highest BCUT2D eigenvalue weighted by molar-refractivity contribution is 7.99. The van der Waals surface area contributed by atoms with Crippen LogP contribution in [-0.4, -0.2) is 17.3 Å². The molecule has 104 valence electrons. The van der Waals surface area contributed by atoms with E-state index in [0.29, 0.717) is 24.0 Å². The standard InChI is InChI=1S/C17H24OS/c1-13(2)16-5-3-14(4-6-16)11-17(18)12-15-7-9-19-10-8-15/h3-6,13,15H,7-12H2,1-2H3. The lowest BCUT2D eigenvalue weighted by atomic mass is 9.93. The Kier molecular flexibility index (Phi) is 5.50. The summed E-state index contributed by atoms with van der Waals surface area (Å²) in [6.07, 6.45) is 3.85. The number of carbonyl (C=O) groups is 1. The van der Waals surface area contributed by atoms with Crippen LogP contribution in [0.3, 0.4) is 0 Å². The summed E-state index contributed by atoms with van der Waals surface area (Å²) in [6.45, 7) is 4.39. The van der Waals surface area contributed by atoms with E-state index in [1.807, 2.05) is 11.8 Å². The molecule has 1 aromatic carbocycles. The molecular formula is C17H24OS. The van der Waals surface area contributed by atoms with Crippen LogP contribution in [0.1, 0.15) is 50.2 Å². The van der Waals surface area contributed by atoms with Gasteiger partial charge in [0.2, 0.25) is 0 Å². The van der Waals surface area contributed by atoms with E-state index in [0.717, 1.165) is 6.42 Å². The van der Waals surface area contributed by atoms with E-state index in [4.69, 9.17) is 0 Å². The predicted octanol–water partition coefficient (Wildman–Crippen LogP) is 4.45. The molecule has 19 heavy (non-hydrogen) atoms. The molecule has 0 aromatic heterocycles. The highest BCUT2D eigenvalue weighted by Gasteiger charge is 2.17. The van der Waals surface area contributed by atoms with Gasteiger partial charge in [-0.3, -0.25) is 4.79 Å². The van der Waals surface area contributed by atoms with Gasteiger partial charge in [0.25, 0.3) is 0 Å². The molecule has 0 N–H and O–H groups in total. The quantitative estimate of drug-likeness (QED) is 0.790. The van der Waals surface area contributed by atoms with Crippen molar-refractivity contribution in [3.63, 3.8) is 0 Å². The van der Waals surface area contributed by atoms with Crippen LogP contribution >= 0.6 is 11.8 Å². The Morgan fingerprint density at radius 1 is 1.21 bits per heavy atom. The van der Waals surface area contributed by atoms with E-state index >= 15 is 0 Å². The lowest BCUT2D eigenvalue weighted by Gasteiger charge is -2.20. The maximum Gasteiger partial charge on any atom is 0.137 e. The average Bonchev–Trinajstić information content (AvgIpc) is 2.40. The van der Waals surface area contributed by atoms with Crippen molar-refractivity contribution in [2.75, 3.05) is 11.5 Å². The van der Waals surface area contributed by atoms with Crippen LogP contribution in [0, 0.1) is 5.92 Å². The smallest absolute Gasteiger partial charge is 0.137 e. The largest absolute Gasteiger partial charge is 0.299 e. The van der Waals surface area contributed by atoms with Crippen LogP contribution in [0.15, 0.2) is 24.3 Å². The second-order valence-corrected chi connectivity index (χ2v) is 7.10. The molecule has 0 aliphatic carbocycles. The van der Waals surface area contributed by atoms with Gasteiger partial charge in [-0.25, -0.2) is 0 Å². The number of benzene rings is 1. The summed E-state index contributed by atoms with van der Waals surface area (Å²) in [5, 5.41) is 0. The van der Waals surface area contributed by atoms with Crippen molar-refractivity contribution >= 4 is 17.5 Å². The fourth-order valence-corrected chi connectivity index (χ4v) is 3.80. The summed E-state index contributed by atoms with van der Waals surface area (Å²) in [7, 11) is 0. The zero-order chi connectivity index (χ0) is 13.7. The van der Waals surface area contributed by atoms with Crippen LogP contribution < -0.4 is 0 Å². The summed E-state index contributed by atoms with van der Waals surface area (Å²) in [4.78, 5) is 12.1. The summed E-state index contributed by atoms with van der Waals surface area (Å²) in [6, 6.07) is 8.54. The number of thioether (sulfide) groups is 1. The first kappa shape index (κ1) is 14.6. The molecule has 1 aliphatic rings. The van der Waals surface area contributed by atoms with Crippen molar-refractivity contribution < 1.29 is 4.79 Å². The third-order valence-corrected chi connectivity index (χ3v) is 4.95. The monoisotopic (exact) mass is 276 g/mol. The van der Waals surface area contributed by atoms with E-state index in [-0.39, 0.29) is 0 Å². The first-order valence-corrected chi connectivity index (χ1v) is 8.49. The number of ketones is 1. The second kappa shape index (κ2) is 7.14. The molecule has 1 fully saturated rings. The van der Waals surface area contributed by atoms with Gasteiger partial charge >= 0.3 is 0 Å². The van der Waals surface area contributed by atoms with E-state index in [1.165, 1.54) is 35.5 Å². The number of hydrogen-bond acceptors (Lipinski definition) is 2. The Morgan fingerprint density at radius 3 is 2.42 bits per heavy atom. The lowest BCUT2D eigenvalue weighted by Crippen LogP contribution is -2.15. The van der Waals surface area contributed by atoms with Gasteiger partial charge in [0.05, 0.1) is 0 Å². The van der Waals surface area contributed by atoms with Gasteiger partial charge in [-0.1, -0.05) is 38.1 Å². The van der Waals surface area contributed by atoms with Crippen molar-refractivity contribution in [2.45, 2.75) is 45.4 Å². The maximum atomic E-state index is 12.1. The van der Waals surface area contributed by atoms with E-state index in [9.17, 15) is 4.79 Å². The summed E-state index contributed by atoms with van der Waals surface area (Å²) in [5.41, 5.74) is 2.51. The average molecular weight is 276 g/mol. The Morgan fingerprint density at radius 2 is 1.84 bits per heavy atom. The zero-order valence-electron chi connectivity index (χ0n) is 12.0. The van der Waals surface area contributed by atoms with Crippen LogP contribution in [0.5, 0.6) is 0 Å². The first-order chi connectivity index (χ1) is 9.15. The van der Waals surface area contributed by atoms with Gasteiger partial charge in [0.1, 0.15) is 5.78 Å². The molecule has 1 nitrogen and oxygen atoms in total. The highest BCUT2D eigenvalue weighted by atomic mass is 32.2. The van der Waals surface area contributed by atoms with E-state index < -0.39 is 0 Å². The van der Waals surface area contributed by atoms with Gasteiger partial charge in [-0.2, -0.15) is 11.8 Å². The van der Waals surface area contributed by atoms with Crippen molar-refractivity contribution in [3.05, 3.63) is 35.4 Å². The summed E-state index contributed by atoms with van der Waals surface area (Å²) < 4.78 is 0. The molecule has 0 spiro atoms. The van der Waals surface area contributed by atoms with Gasteiger partial charge < -0.3 is 0 Å². The third kappa shape index (κ3) is 4.68. The van der Waals surface area contributed by atoms with Crippen molar-refractivity contribution in [2.24, 2.45) is 5.92 Å². The normalized spacial score (nSPS) is 16.8. The summed E-state index contributed by atoms with van der Waals surface area (Å²) in [5.74, 6) is 4.09. The number of hydrogen-bond donors (Lipinski definition) is 0. The third-order valence-electron chi connectivity index (χ3n) is 3.90. The fourth-order valence-electron chi connectivity index (χ4n) is 2.59. The highest BCUT2D eigenvalue weighted by Crippen LogP contribution is 2.26. The molecular weight excluding hydrogens is 252 g/mol. The molecule has 0 atom stereocenters. The Hall–Kier alpha value is -0.760. The molecule has 0 bridgehead atoms. The Balaban J connectivity index is 1.84. The SMILES string of the molecule is CC(C)c1ccc(CC(=O)CC2CCSCC2)cc1. The number of carbonyl (C=O) groups excluding carboxylic acids is 1. The molecule has 0 unspecified atom stereocenters. The molecule has 0 saturated carbocycles. The number of rotatable bonds is 5. The molecule has 1 aromatic rings. The molecule has 2 heteroatoms. The maximum absolute atomic E-state index is 12.1. The van der Waals surface area contributed by atoms with Crippen molar-refractivity contribution in [3.8, 4) is 0 Å². The molecule has 1 heterocycles. The van der Waals surface area contributed by atoms with Gasteiger partial charge in [0.15, 0.2) is 0 Å². The van der Waals surface area contributed by atoms with Gasteiger partial charge in [0, 0.05) is 12.8 Å². The second-order valence-electron chi connectivity index (χ2n) is 5.87. The molecule has 1 saturated heterocycles. The molecule has 2 rings (SSSR count). The van der Waals surface area contributed by atoms with Crippen molar-refractivity contribution in [1.29, 1.82) is 0 Å². The van der Waals surface area contributed by atoms with Crippen molar-refractivity contribution in [1.82, 2.24) is 0 Å². The number of Topliss-reactive ketones (excluding diaryl/α,β-unsaturated/α-hetero) is 1. The molecule has 0 radical (unpaired) electrons. The van der Waals surface area contributed by atoms with Crippen LogP contribution in [0.25, 0.3) is 0 Å². The minimum atomic E-state index is 0.411. The Bertz CT molecular complexity index is 402. The summed E-state index contributed by atoms with van der Waals surface area (Å²) >= 11 is 2.02.